The summed E-state index contributed by atoms with van der Waals surface area (Å²) in [6, 6.07) is 11.1. The van der Waals surface area contributed by atoms with E-state index in [1.165, 1.54) is 88.8 Å². The molecule has 0 atom stereocenters. The van der Waals surface area contributed by atoms with Crippen LogP contribution in [0.4, 0.5) is 24.5 Å². The fraction of sp³-hybridized carbons (Fsp3) is 0.708. The van der Waals surface area contributed by atoms with Gasteiger partial charge >= 0.3 is 18.1 Å². The molecule has 0 saturated heterocycles. The van der Waals surface area contributed by atoms with Crippen LogP contribution in [0.25, 0.3) is 0 Å². The first-order valence-corrected chi connectivity index (χ1v) is 23.3. The normalized spacial score (nSPS) is 11.6. The monoisotopic (exact) mass is 916 g/mol. The van der Waals surface area contributed by atoms with Crippen LogP contribution in [0.2, 0.25) is 0 Å². The van der Waals surface area contributed by atoms with Crippen LogP contribution in [0.1, 0.15) is 113 Å². The zero-order valence-corrected chi connectivity index (χ0v) is 38.3. The SMILES string of the molecule is CCCCCCCCCCCCCCCC(=O)OCCOCCOCCOCCOCCOCCOCCOCCOCCOC(=O)c1ccccc1Nc1cccc(C(F)(F)F)c1. The summed E-state index contributed by atoms with van der Waals surface area (Å²) in [7, 11) is 0. The maximum atomic E-state index is 13.1. The Kier molecular flexibility index (Phi) is 35.5. The quantitative estimate of drug-likeness (QED) is 0.0499. The van der Waals surface area contributed by atoms with E-state index in [0.29, 0.717) is 111 Å². The number of ether oxygens (including phenoxy) is 10. The van der Waals surface area contributed by atoms with Gasteiger partial charge in [-0.1, -0.05) is 102 Å². The molecule has 0 radical (unpaired) electrons. The second kappa shape index (κ2) is 40.0. The highest BCUT2D eigenvalue weighted by Gasteiger charge is 2.30. The Morgan fingerprint density at radius 2 is 0.859 bits per heavy atom. The molecule has 0 aliphatic heterocycles. The van der Waals surface area contributed by atoms with Gasteiger partial charge in [-0.3, -0.25) is 4.79 Å². The molecule has 366 valence electrons. The molecule has 16 heteroatoms. The number of hydrogen-bond donors (Lipinski definition) is 1. The van der Waals surface area contributed by atoms with Gasteiger partial charge in [-0.15, -0.1) is 0 Å². The van der Waals surface area contributed by atoms with E-state index >= 15 is 0 Å². The number of alkyl halides is 3. The van der Waals surface area contributed by atoms with Crippen LogP contribution in [0, 0.1) is 0 Å². The molecule has 0 unspecified atom stereocenters. The minimum absolute atomic E-state index is 0.00522. The summed E-state index contributed by atoms with van der Waals surface area (Å²) in [6.07, 6.45) is 12.6. The molecule has 0 aromatic heterocycles. The van der Waals surface area contributed by atoms with Gasteiger partial charge in [0.2, 0.25) is 0 Å². The third-order valence-corrected chi connectivity index (χ3v) is 9.66. The molecule has 0 aliphatic carbocycles. The highest BCUT2D eigenvalue weighted by Crippen LogP contribution is 2.32. The zero-order chi connectivity index (χ0) is 46.0. The molecule has 13 nitrogen and oxygen atoms in total. The van der Waals surface area contributed by atoms with Crippen molar-refractivity contribution < 1.29 is 70.1 Å². The van der Waals surface area contributed by atoms with Crippen LogP contribution < -0.4 is 5.32 Å². The van der Waals surface area contributed by atoms with Crippen LogP contribution in [-0.2, 0) is 58.3 Å². The van der Waals surface area contributed by atoms with Crippen molar-refractivity contribution in [1.82, 2.24) is 0 Å². The van der Waals surface area contributed by atoms with Crippen LogP contribution in [-0.4, -0.2) is 131 Å². The molecular formula is C48H76F3NO12. The van der Waals surface area contributed by atoms with Crippen molar-refractivity contribution in [3.63, 3.8) is 0 Å². The minimum atomic E-state index is -4.48. The smallest absolute Gasteiger partial charge is 0.416 e. The summed E-state index contributed by atoms with van der Waals surface area (Å²) >= 11 is 0. The van der Waals surface area contributed by atoms with Crippen molar-refractivity contribution in [3.05, 3.63) is 59.7 Å². The fourth-order valence-electron chi connectivity index (χ4n) is 6.19. The first kappa shape index (κ1) is 56.8. The van der Waals surface area contributed by atoms with Crippen molar-refractivity contribution in [2.75, 3.05) is 124 Å². The largest absolute Gasteiger partial charge is 0.463 e. The maximum absolute atomic E-state index is 13.1. The average Bonchev–Trinajstić information content (AvgIpc) is 3.28. The van der Waals surface area contributed by atoms with Gasteiger partial charge in [-0.25, -0.2) is 4.79 Å². The van der Waals surface area contributed by atoms with Crippen molar-refractivity contribution in [2.45, 2.75) is 103 Å². The number of carbonyl (C=O) groups is 2. The van der Waals surface area contributed by atoms with E-state index in [9.17, 15) is 22.8 Å². The molecule has 64 heavy (non-hydrogen) atoms. The van der Waals surface area contributed by atoms with Crippen molar-refractivity contribution >= 4 is 23.3 Å². The number of unbranched alkanes of at least 4 members (excludes halogenated alkanes) is 12. The number of rotatable bonds is 44. The Morgan fingerprint density at radius 1 is 0.469 bits per heavy atom. The molecule has 0 amide bonds. The van der Waals surface area contributed by atoms with Crippen molar-refractivity contribution in [2.24, 2.45) is 0 Å². The van der Waals surface area contributed by atoms with Crippen LogP contribution >= 0.6 is 0 Å². The van der Waals surface area contributed by atoms with Crippen molar-refractivity contribution in [1.29, 1.82) is 0 Å². The Balaban J connectivity index is 1.24. The lowest BCUT2D eigenvalue weighted by molar-refractivity contribution is -0.145. The lowest BCUT2D eigenvalue weighted by Crippen LogP contribution is -2.16. The van der Waals surface area contributed by atoms with Gasteiger partial charge in [0.1, 0.15) is 13.2 Å². The Bertz CT molecular complexity index is 1420. The summed E-state index contributed by atoms with van der Waals surface area (Å²) in [5, 5.41) is 2.86. The topological polar surface area (TPSA) is 138 Å². The summed E-state index contributed by atoms with van der Waals surface area (Å²) < 4.78 is 93.6. The van der Waals surface area contributed by atoms with Gasteiger partial charge in [0, 0.05) is 12.1 Å². The molecule has 2 aromatic carbocycles. The highest BCUT2D eigenvalue weighted by molar-refractivity contribution is 5.96. The molecule has 0 spiro atoms. The Hall–Kier alpha value is -3.35. The standard InChI is InChI=1S/C48H76F3NO12/c1-2-3-4-5-6-7-8-9-10-11-12-13-14-22-46(53)63-39-37-61-35-33-59-31-29-57-27-25-55-23-24-56-26-28-58-30-32-60-34-36-62-38-40-64-47(54)44-20-15-16-21-45(44)52-43-19-17-18-42(41-43)48(49,50)51/h15-21,41,52H,2-14,22-40H2,1H3. The van der Waals surface area contributed by atoms with Gasteiger partial charge in [0.15, 0.2) is 0 Å². The lowest BCUT2D eigenvalue weighted by atomic mass is 10.0. The highest BCUT2D eigenvalue weighted by atomic mass is 19.4. The number of nitrogens with one attached hydrogen (secondary N) is 1. The summed E-state index contributed by atoms with van der Waals surface area (Å²) in [6.45, 7) is 8.87. The van der Waals surface area contributed by atoms with E-state index in [1.807, 2.05) is 0 Å². The second-order valence-electron chi connectivity index (χ2n) is 15.0. The van der Waals surface area contributed by atoms with Gasteiger partial charge in [-0.2, -0.15) is 13.2 Å². The predicted molar refractivity (Wildman–Crippen MR) is 239 cm³/mol. The molecule has 2 rings (SSSR count). The van der Waals surface area contributed by atoms with E-state index in [2.05, 4.69) is 12.2 Å². The number of benzene rings is 2. The van der Waals surface area contributed by atoms with Crippen LogP contribution in [0.3, 0.4) is 0 Å². The van der Waals surface area contributed by atoms with Gasteiger partial charge < -0.3 is 52.7 Å². The van der Waals surface area contributed by atoms with E-state index in [-0.39, 0.29) is 37.0 Å². The molecule has 1 N–H and O–H groups in total. The molecule has 0 fully saturated rings. The third kappa shape index (κ3) is 32.3. The molecule has 0 saturated carbocycles. The van der Waals surface area contributed by atoms with Crippen LogP contribution in [0.15, 0.2) is 48.5 Å². The predicted octanol–water partition coefficient (Wildman–Crippen LogP) is 9.76. The number of anilines is 2. The number of carbonyl (C=O) groups excluding carboxylic acids is 2. The maximum Gasteiger partial charge on any atom is 0.416 e. The summed E-state index contributed by atoms with van der Waals surface area (Å²) in [4.78, 5) is 24.5. The number of halogens is 3. The van der Waals surface area contributed by atoms with Gasteiger partial charge in [0.05, 0.1) is 123 Å². The molecular weight excluding hydrogens is 840 g/mol. The first-order valence-electron chi connectivity index (χ1n) is 23.3. The Labute approximate surface area is 379 Å². The van der Waals surface area contributed by atoms with Gasteiger partial charge in [0.25, 0.3) is 0 Å². The van der Waals surface area contributed by atoms with E-state index in [4.69, 9.17) is 47.4 Å². The molecule has 0 heterocycles. The summed E-state index contributed by atoms with van der Waals surface area (Å²) in [5.41, 5.74) is -0.0969. The van der Waals surface area contributed by atoms with E-state index in [1.54, 1.807) is 18.2 Å². The third-order valence-electron chi connectivity index (χ3n) is 9.66. The lowest BCUT2D eigenvalue weighted by Gasteiger charge is -2.13. The molecule has 0 bridgehead atoms. The van der Waals surface area contributed by atoms with Crippen LogP contribution in [0.5, 0.6) is 0 Å². The number of para-hydroxylation sites is 1. The Morgan fingerprint density at radius 3 is 1.30 bits per heavy atom. The number of esters is 2. The zero-order valence-electron chi connectivity index (χ0n) is 38.3. The molecule has 2 aromatic rings. The second-order valence-corrected chi connectivity index (χ2v) is 15.0. The molecule has 0 aliphatic rings. The van der Waals surface area contributed by atoms with Crippen molar-refractivity contribution in [3.8, 4) is 0 Å². The first-order chi connectivity index (χ1) is 31.3. The van der Waals surface area contributed by atoms with E-state index in [0.717, 1.165) is 25.0 Å². The number of hydrogen-bond acceptors (Lipinski definition) is 13. The fourth-order valence-corrected chi connectivity index (χ4v) is 6.19. The van der Waals surface area contributed by atoms with Gasteiger partial charge in [-0.05, 0) is 36.8 Å². The van der Waals surface area contributed by atoms with E-state index < -0.39 is 17.7 Å². The average molecular weight is 916 g/mol. The minimum Gasteiger partial charge on any atom is -0.463 e. The summed E-state index contributed by atoms with van der Waals surface area (Å²) in [5.74, 6) is -0.780.